The van der Waals surface area contributed by atoms with Crippen LogP contribution in [0.4, 0.5) is 0 Å². The zero-order chi connectivity index (χ0) is 21.4. The molecule has 0 aromatic heterocycles. The molecule has 7 heteroatoms. The average molecular weight is 420 g/mol. The molecule has 3 aromatic rings. The lowest BCUT2D eigenvalue weighted by Crippen LogP contribution is -2.33. The first-order valence-corrected chi connectivity index (χ1v) is 9.70. The Kier molecular flexibility index (Phi) is 4.77. The van der Waals surface area contributed by atoms with Gasteiger partial charge in [-0.05, 0) is 30.3 Å². The van der Waals surface area contributed by atoms with Gasteiger partial charge < -0.3 is 28.4 Å². The molecule has 0 N–H and O–H groups in total. The summed E-state index contributed by atoms with van der Waals surface area (Å²) in [6, 6.07) is 18.2. The number of esters is 1. The minimum Gasteiger partial charge on any atom is -0.467 e. The molecule has 7 nitrogen and oxygen atoms in total. The van der Waals surface area contributed by atoms with Crippen molar-refractivity contribution in [3.8, 4) is 23.0 Å². The first-order valence-electron chi connectivity index (χ1n) is 9.70. The van der Waals surface area contributed by atoms with Gasteiger partial charge in [-0.3, -0.25) is 0 Å². The Labute approximate surface area is 179 Å². The molecule has 0 atom stereocenters. The molecule has 0 aliphatic carbocycles. The maximum Gasteiger partial charge on any atom is 0.340 e. The maximum absolute atomic E-state index is 12.8. The number of methoxy groups -OCH3 is 2. The quantitative estimate of drug-likeness (QED) is 0.437. The summed E-state index contributed by atoms with van der Waals surface area (Å²) < 4.78 is 33.5. The van der Waals surface area contributed by atoms with Crippen LogP contribution in [0.2, 0.25) is 0 Å². The van der Waals surface area contributed by atoms with E-state index in [-0.39, 0.29) is 19.6 Å². The van der Waals surface area contributed by atoms with Crippen molar-refractivity contribution in [3.63, 3.8) is 0 Å². The molecule has 158 valence electrons. The zero-order valence-corrected chi connectivity index (χ0v) is 17.0. The number of ether oxygens (including phenoxy) is 6. The maximum atomic E-state index is 12.8. The van der Waals surface area contributed by atoms with Crippen LogP contribution in [-0.4, -0.2) is 33.8 Å². The van der Waals surface area contributed by atoms with Crippen molar-refractivity contribution < 1.29 is 33.2 Å². The average Bonchev–Trinajstić information content (AvgIpc) is 3.09. The topological polar surface area (TPSA) is 72.5 Å². The van der Waals surface area contributed by atoms with Crippen molar-refractivity contribution in [2.45, 2.75) is 5.60 Å². The molecule has 0 unspecified atom stereocenters. The number of hydrogen-bond acceptors (Lipinski definition) is 7. The van der Waals surface area contributed by atoms with Gasteiger partial charge in [0.05, 0.1) is 5.56 Å². The molecule has 0 saturated heterocycles. The minimum absolute atomic E-state index is 0.105. The molecule has 2 aliphatic heterocycles. The third-order valence-corrected chi connectivity index (χ3v) is 5.34. The number of fused-ring (bicyclic) bond motifs is 6. The monoisotopic (exact) mass is 420 g/mol. The molecular weight excluding hydrogens is 400 g/mol. The van der Waals surface area contributed by atoms with Gasteiger partial charge in [0.2, 0.25) is 0 Å². The predicted molar refractivity (Wildman–Crippen MR) is 110 cm³/mol. The first-order chi connectivity index (χ1) is 15.2. The van der Waals surface area contributed by atoms with Crippen LogP contribution < -0.4 is 14.2 Å². The van der Waals surface area contributed by atoms with Gasteiger partial charge in [0.1, 0.15) is 23.0 Å². The van der Waals surface area contributed by atoms with Crippen molar-refractivity contribution in [3.05, 3.63) is 82.9 Å². The molecule has 0 amide bonds. The van der Waals surface area contributed by atoms with Gasteiger partial charge in [0, 0.05) is 43.0 Å². The van der Waals surface area contributed by atoms with E-state index in [9.17, 15) is 4.79 Å². The predicted octanol–water partition coefficient (Wildman–Crippen LogP) is 4.22. The van der Waals surface area contributed by atoms with E-state index in [4.69, 9.17) is 28.4 Å². The Hall–Kier alpha value is -3.55. The fourth-order valence-corrected chi connectivity index (χ4v) is 4.07. The van der Waals surface area contributed by atoms with E-state index in [0.29, 0.717) is 39.7 Å². The Morgan fingerprint density at radius 2 is 1.35 bits per heavy atom. The molecule has 2 heterocycles. The van der Waals surface area contributed by atoms with Gasteiger partial charge in [0.25, 0.3) is 0 Å². The smallest absolute Gasteiger partial charge is 0.340 e. The van der Waals surface area contributed by atoms with Crippen LogP contribution in [0.1, 0.15) is 27.0 Å². The Balaban J connectivity index is 1.71. The second-order valence-electron chi connectivity index (χ2n) is 7.14. The van der Waals surface area contributed by atoms with Gasteiger partial charge in [0.15, 0.2) is 19.2 Å². The second-order valence-corrected chi connectivity index (χ2v) is 7.14. The molecule has 0 saturated carbocycles. The minimum atomic E-state index is -1.13. The van der Waals surface area contributed by atoms with Gasteiger partial charge >= 0.3 is 5.97 Å². The highest BCUT2D eigenvalue weighted by molar-refractivity contribution is 5.97. The highest BCUT2D eigenvalue weighted by atomic mass is 16.7. The summed E-state index contributed by atoms with van der Waals surface area (Å²) in [6.07, 6.45) is 0. The van der Waals surface area contributed by atoms with Gasteiger partial charge in [-0.15, -0.1) is 0 Å². The summed E-state index contributed by atoms with van der Waals surface area (Å²) in [4.78, 5) is 12.8. The molecule has 5 rings (SSSR count). The Morgan fingerprint density at radius 3 is 1.94 bits per heavy atom. The molecule has 31 heavy (non-hydrogen) atoms. The van der Waals surface area contributed by atoms with Crippen molar-refractivity contribution in [1.29, 1.82) is 0 Å². The number of rotatable bonds is 6. The van der Waals surface area contributed by atoms with Crippen LogP contribution in [-0.2, 0) is 19.8 Å². The van der Waals surface area contributed by atoms with E-state index < -0.39 is 5.60 Å². The third-order valence-electron chi connectivity index (χ3n) is 5.34. The Morgan fingerprint density at radius 1 is 0.774 bits per heavy atom. The van der Waals surface area contributed by atoms with Gasteiger partial charge in [-0.2, -0.15) is 0 Å². The van der Waals surface area contributed by atoms with Gasteiger partial charge in [-0.25, -0.2) is 4.79 Å². The molecule has 3 aromatic carbocycles. The lowest BCUT2D eigenvalue weighted by Gasteiger charge is -2.36. The van der Waals surface area contributed by atoms with E-state index in [1.54, 1.807) is 44.6 Å². The number of carbonyl (C=O) groups excluding carboxylic acids is 1. The van der Waals surface area contributed by atoms with Crippen LogP contribution in [0.15, 0.2) is 60.7 Å². The van der Waals surface area contributed by atoms with E-state index in [1.165, 1.54) is 0 Å². The zero-order valence-electron chi connectivity index (χ0n) is 17.0. The van der Waals surface area contributed by atoms with Crippen molar-refractivity contribution in [2.24, 2.45) is 0 Å². The molecule has 1 spiro atoms. The number of hydrogen-bond donors (Lipinski definition) is 0. The van der Waals surface area contributed by atoms with Crippen LogP contribution in [0.3, 0.4) is 0 Å². The largest absolute Gasteiger partial charge is 0.467 e. The van der Waals surface area contributed by atoms with Crippen LogP contribution in [0.25, 0.3) is 0 Å². The summed E-state index contributed by atoms with van der Waals surface area (Å²) in [5.41, 5.74) is 1.60. The van der Waals surface area contributed by atoms with E-state index in [2.05, 4.69) is 0 Å². The normalized spacial score (nSPS) is 14.8. The number of carbonyl (C=O) groups is 1. The SMILES string of the molecule is COCOc1ccc2c(c1)Oc1cc(OCOC)ccc1C21OC(=O)c2ccccc21. The van der Waals surface area contributed by atoms with E-state index >= 15 is 0 Å². The molecule has 0 radical (unpaired) electrons. The van der Waals surface area contributed by atoms with E-state index in [0.717, 1.165) is 5.56 Å². The highest BCUT2D eigenvalue weighted by Gasteiger charge is 2.53. The van der Waals surface area contributed by atoms with Crippen LogP contribution in [0.5, 0.6) is 23.0 Å². The third kappa shape index (κ3) is 3.01. The van der Waals surface area contributed by atoms with Crippen molar-refractivity contribution >= 4 is 5.97 Å². The number of benzene rings is 3. The summed E-state index contributed by atoms with van der Waals surface area (Å²) in [5, 5.41) is 0. The Bertz CT molecular complexity index is 1100. The van der Waals surface area contributed by atoms with Crippen LogP contribution in [0, 0.1) is 0 Å². The second kappa shape index (κ2) is 7.61. The summed E-state index contributed by atoms with van der Waals surface area (Å²) in [6.45, 7) is 0.209. The van der Waals surface area contributed by atoms with Gasteiger partial charge in [-0.1, -0.05) is 18.2 Å². The summed E-state index contributed by atoms with van der Waals surface area (Å²) >= 11 is 0. The molecule has 0 fully saturated rings. The lowest BCUT2D eigenvalue weighted by molar-refractivity contribution is 0.0222. The molecule has 2 aliphatic rings. The molecule has 0 bridgehead atoms. The molecular formula is C24H20O7. The fraction of sp³-hybridized carbons (Fsp3) is 0.208. The van der Waals surface area contributed by atoms with Crippen LogP contribution >= 0.6 is 0 Å². The summed E-state index contributed by atoms with van der Waals surface area (Å²) in [7, 11) is 3.10. The first kappa shape index (κ1) is 19.4. The lowest BCUT2D eigenvalue weighted by atomic mass is 9.77. The van der Waals surface area contributed by atoms with Crippen molar-refractivity contribution in [2.75, 3.05) is 27.8 Å². The summed E-state index contributed by atoms with van der Waals surface area (Å²) in [5.74, 6) is 1.81. The highest BCUT2D eigenvalue weighted by Crippen LogP contribution is 2.56. The van der Waals surface area contributed by atoms with E-state index in [1.807, 2.05) is 30.3 Å². The standard InChI is InChI=1S/C24H20O7/c1-26-13-28-15-7-9-19-21(11-15)30-22-12-16(29-14-27-2)8-10-20(22)24(19)18-6-4-3-5-17(18)23(25)31-24/h3-12H,13-14H2,1-2H3. The fourth-order valence-electron chi connectivity index (χ4n) is 4.07. The van der Waals surface area contributed by atoms with Crippen molar-refractivity contribution in [1.82, 2.24) is 0 Å².